The van der Waals surface area contributed by atoms with Gasteiger partial charge in [0, 0.05) is 30.2 Å². The normalized spacial score (nSPS) is 23.7. The highest BCUT2D eigenvalue weighted by Gasteiger charge is 2.26. The number of nitrogens with zero attached hydrogens (tertiary/aromatic N) is 1. The van der Waals surface area contributed by atoms with Gasteiger partial charge in [-0.25, -0.2) is 0 Å². The first-order valence-corrected chi connectivity index (χ1v) is 9.46. The van der Waals surface area contributed by atoms with E-state index >= 15 is 0 Å². The fourth-order valence-corrected chi connectivity index (χ4v) is 4.42. The molecule has 5 heteroatoms. The Balaban J connectivity index is 0.00000192. The van der Waals surface area contributed by atoms with E-state index in [-0.39, 0.29) is 12.4 Å². The Morgan fingerprint density at radius 3 is 2.78 bits per heavy atom. The summed E-state index contributed by atoms with van der Waals surface area (Å²) in [6.45, 7) is 4.15. The molecular weight excluding hydrogens is 328 g/mol. The minimum Gasteiger partial charge on any atom is -0.342 e. The third-order valence-corrected chi connectivity index (χ3v) is 6.04. The number of hydrogen-bond donors (Lipinski definition) is 1. The number of benzene rings is 1. The predicted molar refractivity (Wildman–Crippen MR) is 99.3 cm³/mol. The molecule has 0 aromatic heterocycles. The molecular formula is C18H27ClN2OS. The van der Waals surface area contributed by atoms with E-state index in [1.165, 1.54) is 11.3 Å². The van der Waals surface area contributed by atoms with Crippen LogP contribution in [0.25, 0.3) is 0 Å². The number of amides is 1. The molecule has 2 saturated heterocycles. The van der Waals surface area contributed by atoms with E-state index < -0.39 is 0 Å². The summed E-state index contributed by atoms with van der Waals surface area (Å²) in [5.41, 5.74) is 0. The number of hydrogen-bond acceptors (Lipinski definition) is 3. The van der Waals surface area contributed by atoms with Crippen LogP contribution in [0.3, 0.4) is 0 Å². The largest absolute Gasteiger partial charge is 0.342 e. The number of halogens is 1. The summed E-state index contributed by atoms with van der Waals surface area (Å²) < 4.78 is 0. The Morgan fingerprint density at radius 2 is 2.04 bits per heavy atom. The molecule has 0 aliphatic carbocycles. The standard InChI is InChI=1S/C18H26N2OS.ClH/c21-18(7-6-15-8-10-19-12-15)20-11-9-16(13-20)14-22-17-4-2-1-3-5-17;/h1-5,15-16,19H,6-14H2;1H. The van der Waals surface area contributed by atoms with Gasteiger partial charge in [-0.05, 0) is 56.3 Å². The Labute approximate surface area is 150 Å². The topological polar surface area (TPSA) is 32.3 Å². The molecule has 2 aliphatic heterocycles. The van der Waals surface area contributed by atoms with Gasteiger partial charge in [0.2, 0.25) is 5.91 Å². The highest BCUT2D eigenvalue weighted by molar-refractivity contribution is 7.99. The zero-order valence-corrected chi connectivity index (χ0v) is 15.2. The van der Waals surface area contributed by atoms with Gasteiger partial charge in [0.05, 0.1) is 0 Å². The molecule has 2 heterocycles. The van der Waals surface area contributed by atoms with Crippen LogP contribution in [0.15, 0.2) is 35.2 Å². The lowest BCUT2D eigenvalue weighted by molar-refractivity contribution is -0.130. The third kappa shape index (κ3) is 5.70. The van der Waals surface area contributed by atoms with Crippen molar-refractivity contribution in [3.63, 3.8) is 0 Å². The average molecular weight is 355 g/mol. The van der Waals surface area contributed by atoms with Crippen molar-refractivity contribution in [3.8, 4) is 0 Å². The van der Waals surface area contributed by atoms with Crippen LogP contribution < -0.4 is 5.32 Å². The molecule has 1 amide bonds. The van der Waals surface area contributed by atoms with E-state index in [1.807, 2.05) is 11.8 Å². The molecule has 0 bridgehead atoms. The van der Waals surface area contributed by atoms with E-state index in [0.717, 1.165) is 57.1 Å². The maximum atomic E-state index is 12.3. The molecule has 2 fully saturated rings. The Kier molecular flexibility index (Phi) is 7.74. The van der Waals surface area contributed by atoms with Crippen molar-refractivity contribution in [2.45, 2.75) is 30.6 Å². The van der Waals surface area contributed by atoms with Gasteiger partial charge < -0.3 is 10.2 Å². The van der Waals surface area contributed by atoms with Gasteiger partial charge in [-0.3, -0.25) is 4.79 Å². The Hall–Kier alpha value is -0.710. The van der Waals surface area contributed by atoms with Crippen molar-refractivity contribution in [1.29, 1.82) is 0 Å². The zero-order chi connectivity index (χ0) is 15.2. The number of likely N-dealkylation sites (tertiary alicyclic amines) is 1. The molecule has 1 N–H and O–H groups in total. The summed E-state index contributed by atoms with van der Waals surface area (Å²) in [6, 6.07) is 10.6. The highest BCUT2D eigenvalue weighted by Crippen LogP contribution is 2.26. The van der Waals surface area contributed by atoms with Crippen LogP contribution in [0.1, 0.15) is 25.7 Å². The monoisotopic (exact) mass is 354 g/mol. The van der Waals surface area contributed by atoms with E-state index in [4.69, 9.17) is 0 Å². The summed E-state index contributed by atoms with van der Waals surface area (Å²) >= 11 is 1.92. The predicted octanol–water partition coefficient (Wildman–Crippen LogP) is 3.44. The average Bonchev–Trinajstić information content (AvgIpc) is 3.23. The molecule has 128 valence electrons. The second-order valence-electron chi connectivity index (χ2n) is 6.52. The molecule has 2 atom stereocenters. The molecule has 0 saturated carbocycles. The van der Waals surface area contributed by atoms with E-state index in [1.54, 1.807) is 0 Å². The summed E-state index contributed by atoms with van der Waals surface area (Å²) in [6.07, 6.45) is 4.21. The maximum absolute atomic E-state index is 12.3. The number of thioether (sulfide) groups is 1. The smallest absolute Gasteiger partial charge is 0.222 e. The summed E-state index contributed by atoms with van der Waals surface area (Å²) in [5.74, 6) is 2.87. The Morgan fingerprint density at radius 1 is 1.22 bits per heavy atom. The lowest BCUT2D eigenvalue weighted by atomic mass is 10.0. The van der Waals surface area contributed by atoms with Crippen molar-refractivity contribution in [2.75, 3.05) is 31.9 Å². The molecule has 0 spiro atoms. The minimum absolute atomic E-state index is 0. The molecule has 2 aliphatic rings. The van der Waals surface area contributed by atoms with Gasteiger partial charge in [0.25, 0.3) is 0 Å². The Bertz CT molecular complexity index is 479. The van der Waals surface area contributed by atoms with Crippen LogP contribution in [0.2, 0.25) is 0 Å². The van der Waals surface area contributed by atoms with Gasteiger partial charge in [-0.1, -0.05) is 18.2 Å². The minimum atomic E-state index is 0. The van der Waals surface area contributed by atoms with Crippen LogP contribution >= 0.6 is 24.2 Å². The summed E-state index contributed by atoms with van der Waals surface area (Å²) in [7, 11) is 0. The van der Waals surface area contributed by atoms with Crippen LogP contribution in [0.4, 0.5) is 0 Å². The van der Waals surface area contributed by atoms with Gasteiger partial charge >= 0.3 is 0 Å². The first-order valence-electron chi connectivity index (χ1n) is 8.47. The highest BCUT2D eigenvalue weighted by atomic mass is 35.5. The molecule has 23 heavy (non-hydrogen) atoms. The van der Waals surface area contributed by atoms with Crippen molar-refractivity contribution < 1.29 is 4.79 Å². The van der Waals surface area contributed by atoms with Gasteiger partial charge in [-0.15, -0.1) is 24.2 Å². The number of carbonyl (C=O) groups is 1. The number of rotatable bonds is 6. The summed E-state index contributed by atoms with van der Waals surface area (Å²) in [4.78, 5) is 15.8. The molecule has 3 rings (SSSR count). The van der Waals surface area contributed by atoms with Gasteiger partial charge in [-0.2, -0.15) is 0 Å². The van der Waals surface area contributed by atoms with E-state index in [0.29, 0.717) is 11.8 Å². The van der Waals surface area contributed by atoms with Crippen LogP contribution in [-0.2, 0) is 4.79 Å². The number of carbonyl (C=O) groups excluding carboxylic acids is 1. The quantitative estimate of drug-likeness (QED) is 0.794. The number of nitrogens with one attached hydrogen (secondary N) is 1. The molecule has 0 radical (unpaired) electrons. The van der Waals surface area contributed by atoms with Crippen LogP contribution in [-0.4, -0.2) is 42.7 Å². The molecule has 3 nitrogen and oxygen atoms in total. The third-order valence-electron chi connectivity index (χ3n) is 4.80. The second-order valence-corrected chi connectivity index (χ2v) is 7.61. The second kappa shape index (κ2) is 9.55. The van der Waals surface area contributed by atoms with Crippen molar-refractivity contribution in [2.24, 2.45) is 11.8 Å². The molecule has 1 aromatic carbocycles. The fraction of sp³-hybridized carbons (Fsp3) is 0.611. The van der Waals surface area contributed by atoms with Crippen molar-refractivity contribution in [1.82, 2.24) is 10.2 Å². The fourth-order valence-electron chi connectivity index (χ4n) is 3.37. The van der Waals surface area contributed by atoms with E-state index in [2.05, 4.69) is 40.5 Å². The van der Waals surface area contributed by atoms with E-state index in [9.17, 15) is 4.79 Å². The lowest BCUT2D eigenvalue weighted by Gasteiger charge is -2.17. The summed E-state index contributed by atoms with van der Waals surface area (Å²) in [5, 5.41) is 3.38. The van der Waals surface area contributed by atoms with Crippen LogP contribution in [0.5, 0.6) is 0 Å². The van der Waals surface area contributed by atoms with Gasteiger partial charge in [0.15, 0.2) is 0 Å². The SMILES string of the molecule is Cl.O=C(CCC1CCNC1)N1CCC(CSc2ccccc2)C1. The van der Waals surface area contributed by atoms with Gasteiger partial charge in [0.1, 0.15) is 0 Å². The molecule has 1 aromatic rings. The lowest BCUT2D eigenvalue weighted by Crippen LogP contribution is -2.29. The maximum Gasteiger partial charge on any atom is 0.222 e. The first-order chi connectivity index (χ1) is 10.8. The van der Waals surface area contributed by atoms with Crippen molar-refractivity contribution >= 4 is 30.1 Å². The molecule has 2 unspecified atom stereocenters. The first kappa shape index (κ1) is 18.6. The zero-order valence-electron chi connectivity index (χ0n) is 13.6. The van der Waals surface area contributed by atoms with Crippen LogP contribution in [0, 0.1) is 11.8 Å². The van der Waals surface area contributed by atoms with Crippen molar-refractivity contribution in [3.05, 3.63) is 30.3 Å².